The third kappa shape index (κ3) is 5.84. The van der Waals surface area contributed by atoms with Gasteiger partial charge in [-0.05, 0) is 6.42 Å². The quantitative estimate of drug-likeness (QED) is 0.622. The largest absolute Gasteiger partial charge is 0.530 e. The fraction of sp³-hybridized carbons (Fsp3) is 0.750. The Labute approximate surface area is 63.9 Å². The summed E-state index contributed by atoms with van der Waals surface area (Å²) in [6.45, 7) is 1.78. The van der Waals surface area contributed by atoms with Gasteiger partial charge >= 0.3 is 13.9 Å². The lowest BCUT2D eigenvalue weighted by Crippen LogP contribution is -2.12. The van der Waals surface area contributed by atoms with Crippen LogP contribution in [0.1, 0.15) is 13.3 Å². The van der Waals surface area contributed by atoms with Crippen LogP contribution in [0.3, 0.4) is 0 Å². The Bertz CT molecular complexity index is 181. The minimum Gasteiger partial charge on any atom is -0.354 e. The van der Waals surface area contributed by atoms with Crippen LogP contribution in [-0.4, -0.2) is 17.6 Å². The third-order valence-electron chi connectivity index (χ3n) is 0.664. The molecule has 0 aliphatic carbocycles. The summed E-state index contributed by atoms with van der Waals surface area (Å²) in [4.78, 5) is 18.6. The number of primary amides is 1. The predicted octanol–water partition coefficient (Wildman–Crippen LogP) is 0.609. The molecule has 1 amide bonds. The van der Waals surface area contributed by atoms with Crippen LogP contribution in [0.4, 0.5) is 4.79 Å². The van der Waals surface area contributed by atoms with E-state index in [1.165, 1.54) is 0 Å². The maximum absolute atomic E-state index is 10.6. The highest BCUT2D eigenvalue weighted by molar-refractivity contribution is 7.48. The second-order valence-electron chi connectivity index (χ2n) is 1.71. The van der Waals surface area contributed by atoms with Crippen molar-refractivity contribution < 1.29 is 23.3 Å². The zero-order valence-electron chi connectivity index (χ0n) is 6.02. The summed E-state index contributed by atoms with van der Waals surface area (Å²) in [7, 11) is -4.24. The van der Waals surface area contributed by atoms with E-state index in [-0.39, 0.29) is 6.61 Å². The molecule has 0 saturated heterocycles. The molecule has 0 bridgehead atoms. The molecule has 0 rings (SSSR count). The summed E-state index contributed by atoms with van der Waals surface area (Å²) in [5, 5.41) is 0. The van der Waals surface area contributed by atoms with E-state index in [9.17, 15) is 9.36 Å². The molecule has 1 atom stereocenters. The van der Waals surface area contributed by atoms with E-state index >= 15 is 0 Å². The maximum Gasteiger partial charge on any atom is 0.530 e. The standard InChI is InChI=1S/C4H10NO5P/c1-2-3-9-11(7,8)10-4(5)6/h2-3H2,1H3,(H2,5,6)(H,7,8). The van der Waals surface area contributed by atoms with E-state index < -0.39 is 13.9 Å². The molecule has 0 spiro atoms. The Morgan fingerprint density at radius 1 is 1.73 bits per heavy atom. The van der Waals surface area contributed by atoms with Crippen LogP contribution < -0.4 is 5.73 Å². The van der Waals surface area contributed by atoms with Crippen LogP contribution in [0.15, 0.2) is 0 Å². The summed E-state index contributed by atoms with van der Waals surface area (Å²) < 4.78 is 18.6. The van der Waals surface area contributed by atoms with Crippen LogP contribution >= 0.6 is 7.82 Å². The second-order valence-corrected chi connectivity index (χ2v) is 3.09. The Balaban J connectivity index is 3.80. The van der Waals surface area contributed by atoms with Gasteiger partial charge in [0.2, 0.25) is 0 Å². The lowest BCUT2D eigenvalue weighted by Gasteiger charge is -2.08. The van der Waals surface area contributed by atoms with Crippen LogP contribution in [-0.2, 0) is 13.6 Å². The second kappa shape index (κ2) is 4.33. The molecule has 0 aromatic carbocycles. The van der Waals surface area contributed by atoms with Gasteiger partial charge in [0, 0.05) is 0 Å². The molecule has 0 aliphatic heterocycles. The summed E-state index contributed by atoms with van der Waals surface area (Å²) in [6, 6.07) is 0. The van der Waals surface area contributed by atoms with E-state index in [1.807, 2.05) is 0 Å². The first kappa shape index (κ1) is 10.4. The minimum atomic E-state index is -4.24. The zero-order valence-corrected chi connectivity index (χ0v) is 6.91. The highest BCUT2D eigenvalue weighted by Gasteiger charge is 2.23. The van der Waals surface area contributed by atoms with Crippen molar-refractivity contribution in [2.45, 2.75) is 13.3 Å². The fourth-order valence-corrected chi connectivity index (χ4v) is 1.04. The monoisotopic (exact) mass is 183 g/mol. The molecule has 0 aliphatic rings. The molecule has 3 N–H and O–H groups in total. The van der Waals surface area contributed by atoms with Gasteiger partial charge in [0.1, 0.15) is 0 Å². The van der Waals surface area contributed by atoms with Crippen molar-refractivity contribution in [1.82, 2.24) is 0 Å². The van der Waals surface area contributed by atoms with Gasteiger partial charge in [-0.25, -0.2) is 9.36 Å². The SMILES string of the molecule is CCCOP(=O)(O)OC(N)=O. The minimum absolute atomic E-state index is 0.0427. The molecular weight excluding hydrogens is 173 g/mol. The van der Waals surface area contributed by atoms with Crippen molar-refractivity contribution in [3.63, 3.8) is 0 Å². The number of nitrogens with two attached hydrogens (primary N) is 1. The summed E-state index contributed by atoms with van der Waals surface area (Å²) >= 11 is 0. The summed E-state index contributed by atoms with van der Waals surface area (Å²) in [5.41, 5.74) is 4.48. The number of hydrogen-bond acceptors (Lipinski definition) is 4. The first-order valence-corrected chi connectivity index (χ1v) is 4.44. The molecule has 0 heterocycles. The molecule has 7 heteroatoms. The van der Waals surface area contributed by atoms with E-state index in [1.54, 1.807) is 6.92 Å². The van der Waals surface area contributed by atoms with Gasteiger partial charge in [0.15, 0.2) is 0 Å². The Kier molecular flexibility index (Phi) is 4.10. The van der Waals surface area contributed by atoms with Crippen molar-refractivity contribution in [3.8, 4) is 0 Å². The van der Waals surface area contributed by atoms with Crippen LogP contribution in [0.2, 0.25) is 0 Å². The first-order chi connectivity index (χ1) is 4.98. The molecule has 6 nitrogen and oxygen atoms in total. The van der Waals surface area contributed by atoms with Crippen molar-refractivity contribution >= 4 is 13.9 Å². The Morgan fingerprint density at radius 3 is 2.64 bits per heavy atom. The summed E-state index contributed by atoms with van der Waals surface area (Å²) in [5.74, 6) is 0. The molecule has 0 radical (unpaired) electrons. The van der Waals surface area contributed by atoms with Crippen LogP contribution in [0.25, 0.3) is 0 Å². The topological polar surface area (TPSA) is 98.8 Å². The predicted molar refractivity (Wildman–Crippen MR) is 36.7 cm³/mol. The van der Waals surface area contributed by atoms with E-state index in [2.05, 4.69) is 14.8 Å². The van der Waals surface area contributed by atoms with Crippen molar-refractivity contribution in [2.75, 3.05) is 6.61 Å². The molecule has 0 aromatic heterocycles. The average Bonchev–Trinajstić information content (AvgIpc) is 1.81. The lowest BCUT2D eigenvalue weighted by molar-refractivity contribution is 0.159. The first-order valence-electron chi connectivity index (χ1n) is 2.94. The van der Waals surface area contributed by atoms with Crippen LogP contribution in [0.5, 0.6) is 0 Å². The zero-order chi connectivity index (χ0) is 8.91. The molecule has 66 valence electrons. The Hall–Kier alpha value is -0.580. The molecule has 1 unspecified atom stereocenters. The molecule has 11 heavy (non-hydrogen) atoms. The van der Waals surface area contributed by atoms with Gasteiger partial charge in [0.05, 0.1) is 6.61 Å². The normalized spacial score (nSPS) is 15.5. The van der Waals surface area contributed by atoms with Gasteiger partial charge in [0.25, 0.3) is 0 Å². The highest BCUT2D eigenvalue weighted by atomic mass is 31.2. The number of rotatable bonds is 4. The van der Waals surface area contributed by atoms with Crippen LogP contribution in [0, 0.1) is 0 Å². The van der Waals surface area contributed by atoms with E-state index in [0.717, 1.165) is 0 Å². The van der Waals surface area contributed by atoms with Gasteiger partial charge in [-0.3, -0.25) is 9.42 Å². The number of phosphoric acid groups is 1. The number of amides is 1. The van der Waals surface area contributed by atoms with Gasteiger partial charge in [-0.15, -0.1) is 0 Å². The number of carbonyl (C=O) groups excluding carboxylic acids is 1. The number of hydrogen-bond donors (Lipinski definition) is 2. The Morgan fingerprint density at radius 2 is 2.27 bits per heavy atom. The fourth-order valence-electron chi connectivity index (χ4n) is 0.347. The smallest absolute Gasteiger partial charge is 0.354 e. The maximum atomic E-state index is 10.6. The van der Waals surface area contributed by atoms with Crippen molar-refractivity contribution in [3.05, 3.63) is 0 Å². The van der Waals surface area contributed by atoms with Gasteiger partial charge in [-0.1, -0.05) is 6.92 Å². The van der Waals surface area contributed by atoms with Gasteiger partial charge < -0.3 is 10.3 Å². The molecular formula is C4H10NO5P. The van der Waals surface area contributed by atoms with E-state index in [0.29, 0.717) is 6.42 Å². The third-order valence-corrected chi connectivity index (χ3v) is 1.58. The number of carbonyl (C=O) groups is 1. The molecule has 0 aromatic rings. The molecule has 0 fully saturated rings. The van der Waals surface area contributed by atoms with E-state index in [4.69, 9.17) is 4.89 Å². The summed E-state index contributed by atoms with van der Waals surface area (Å²) in [6.07, 6.45) is -0.779. The number of phosphoric ester groups is 1. The van der Waals surface area contributed by atoms with Crippen molar-refractivity contribution in [1.29, 1.82) is 0 Å². The van der Waals surface area contributed by atoms with Crippen molar-refractivity contribution in [2.24, 2.45) is 5.73 Å². The van der Waals surface area contributed by atoms with Gasteiger partial charge in [-0.2, -0.15) is 0 Å². The lowest BCUT2D eigenvalue weighted by atomic mass is 10.5. The molecule has 0 saturated carbocycles. The average molecular weight is 183 g/mol. The highest BCUT2D eigenvalue weighted by Crippen LogP contribution is 2.42.